The molecule has 1 aliphatic heterocycles. The molecule has 6 nitrogen and oxygen atoms in total. The van der Waals surface area contributed by atoms with Crippen LogP contribution >= 0.6 is 11.3 Å². The highest BCUT2D eigenvalue weighted by molar-refractivity contribution is 7.13. The van der Waals surface area contributed by atoms with Gasteiger partial charge in [0.25, 0.3) is 0 Å². The molecule has 0 aliphatic carbocycles. The third-order valence-corrected chi connectivity index (χ3v) is 5.26. The Morgan fingerprint density at radius 3 is 2.79 bits per heavy atom. The van der Waals surface area contributed by atoms with Crippen molar-refractivity contribution < 1.29 is 19.0 Å². The molecule has 1 atom stereocenters. The van der Waals surface area contributed by atoms with Crippen LogP contribution in [0.5, 0.6) is 17.2 Å². The summed E-state index contributed by atoms with van der Waals surface area (Å²) < 4.78 is 16.7. The van der Waals surface area contributed by atoms with Crippen molar-refractivity contribution in [1.29, 1.82) is 0 Å². The molecule has 1 aromatic heterocycles. The molecule has 0 unspecified atom stereocenters. The van der Waals surface area contributed by atoms with Gasteiger partial charge in [0.1, 0.15) is 23.5 Å². The Morgan fingerprint density at radius 1 is 1.21 bits per heavy atom. The number of ether oxygens (including phenoxy) is 3. The third kappa shape index (κ3) is 4.26. The van der Waals surface area contributed by atoms with Crippen molar-refractivity contribution in [2.75, 3.05) is 20.3 Å². The number of hydrogen-bond acceptors (Lipinski definition) is 6. The van der Waals surface area contributed by atoms with Crippen LogP contribution in [-0.2, 0) is 11.2 Å². The van der Waals surface area contributed by atoms with Crippen LogP contribution in [0, 0.1) is 0 Å². The van der Waals surface area contributed by atoms with Gasteiger partial charge in [0.05, 0.1) is 25.8 Å². The van der Waals surface area contributed by atoms with E-state index in [2.05, 4.69) is 10.3 Å². The van der Waals surface area contributed by atoms with Gasteiger partial charge in [-0.2, -0.15) is 0 Å². The summed E-state index contributed by atoms with van der Waals surface area (Å²) in [6, 6.07) is 15.2. The summed E-state index contributed by atoms with van der Waals surface area (Å²) in [6.07, 6.45) is 0.0285. The van der Waals surface area contributed by atoms with E-state index in [1.165, 1.54) is 11.3 Å². The van der Waals surface area contributed by atoms with Gasteiger partial charge in [-0.3, -0.25) is 4.79 Å². The van der Waals surface area contributed by atoms with E-state index in [1.54, 1.807) is 7.11 Å². The van der Waals surface area contributed by atoms with Crippen LogP contribution in [0.4, 0.5) is 0 Å². The molecule has 2 heterocycles. The van der Waals surface area contributed by atoms with E-state index >= 15 is 0 Å². The van der Waals surface area contributed by atoms with Gasteiger partial charge in [0.15, 0.2) is 11.5 Å². The quantitative estimate of drug-likeness (QED) is 0.692. The molecule has 0 spiro atoms. The van der Waals surface area contributed by atoms with E-state index in [9.17, 15) is 4.79 Å². The van der Waals surface area contributed by atoms with Crippen molar-refractivity contribution in [3.63, 3.8) is 0 Å². The van der Waals surface area contributed by atoms with E-state index in [4.69, 9.17) is 14.2 Å². The number of nitrogens with one attached hydrogen (secondary N) is 1. The van der Waals surface area contributed by atoms with Gasteiger partial charge in [0.2, 0.25) is 5.91 Å². The third-order valence-electron chi connectivity index (χ3n) is 4.32. The number of carbonyl (C=O) groups excluding carboxylic acids is 1. The second kappa shape index (κ2) is 8.31. The molecule has 0 saturated carbocycles. The lowest BCUT2D eigenvalue weighted by atomic mass is 10.2. The lowest BCUT2D eigenvalue weighted by Gasteiger charge is -2.26. The van der Waals surface area contributed by atoms with Crippen LogP contribution in [0.25, 0.3) is 10.6 Å². The molecule has 3 aromatic rings. The molecular formula is C21H20N2O4S. The first-order valence-corrected chi connectivity index (χ1v) is 9.83. The van der Waals surface area contributed by atoms with Crippen molar-refractivity contribution in [2.24, 2.45) is 0 Å². The monoisotopic (exact) mass is 396 g/mol. The first kappa shape index (κ1) is 18.3. The first-order valence-electron chi connectivity index (χ1n) is 8.95. The zero-order valence-corrected chi connectivity index (χ0v) is 16.2. The van der Waals surface area contributed by atoms with E-state index in [0.29, 0.717) is 18.9 Å². The number of hydrogen-bond donors (Lipinski definition) is 1. The lowest BCUT2D eigenvalue weighted by Crippen LogP contribution is -2.41. The van der Waals surface area contributed by atoms with Crippen LogP contribution in [0.1, 0.15) is 5.69 Å². The number of aromatic nitrogens is 1. The molecule has 1 N–H and O–H groups in total. The van der Waals surface area contributed by atoms with Gasteiger partial charge in [0, 0.05) is 10.9 Å². The number of amides is 1. The summed E-state index contributed by atoms with van der Waals surface area (Å²) in [7, 11) is 1.64. The minimum absolute atomic E-state index is 0.0889. The fourth-order valence-corrected chi connectivity index (χ4v) is 3.70. The maximum Gasteiger partial charge on any atom is 0.226 e. The van der Waals surface area contributed by atoms with Gasteiger partial charge in [-0.25, -0.2) is 4.98 Å². The van der Waals surface area contributed by atoms with Gasteiger partial charge in [-0.15, -0.1) is 11.3 Å². The normalized spacial score (nSPS) is 15.1. The predicted molar refractivity (Wildman–Crippen MR) is 107 cm³/mol. The van der Waals surface area contributed by atoms with Crippen molar-refractivity contribution in [3.05, 3.63) is 59.6 Å². The molecule has 7 heteroatoms. The second-order valence-electron chi connectivity index (χ2n) is 6.35. The highest BCUT2D eigenvalue weighted by Crippen LogP contribution is 2.30. The zero-order valence-electron chi connectivity index (χ0n) is 15.4. The number of thiazole rings is 1. The Balaban J connectivity index is 1.29. The largest absolute Gasteiger partial charge is 0.497 e. The summed E-state index contributed by atoms with van der Waals surface area (Å²) in [6.45, 7) is 0.804. The summed E-state index contributed by atoms with van der Waals surface area (Å²) in [5.41, 5.74) is 1.75. The Labute approximate surface area is 167 Å². The van der Waals surface area contributed by atoms with Crippen molar-refractivity contribution in [3.8, 4) is 27.8 Å². The smallest absolute Gasteiger partial charge is 0.226 e. The van der Waals surface area contributed by atoms with Crippen LogP contribution in [0.15, 0.2) is 53.9 Å². The highest BCUT2D eigenvalue weighted by atomic mass is 32.1. The Bertz CT molecular complexity index is 955. The first-order chi connectivity index (χ1) is 13.7. The summed E-state index contributed by atoms with van der Waals surface area (Å²) in [4.78, 5) is 16.8. The predicted octanol–water partition coefficient (Wildman–Crippen LogP) is 3.32. The van der Waals surface area contributed by atoms with Gasteiger partial charge < -0.3 is 19.5 Å². The molecule has 2 aromatic carbocycles. The zero-order chi connectivity index (χ0) is 19.3. The molecule has 0 saturated heterocycles. The fraction of sp³-hybridized carbons (Fsp3) is 0.238. The second-order valence-corrected chi connectivity index (χ2v) is 7.21. The van der Waals surface area contributed by atoms with E-state index in [0.717, 1.165) is 27.8 Å². The molecule has 1 amide bonds. The highest BCUT2D eigenvalue weighted by Gasteiger charge is 2.21. The summed E-state index contributed by atoms with van der Waals surface area (Å²) in [5, 5.41) is 5.69. The summed E-state index contributed by atoms with van der Waals surface area (Å²) in [5.74, 6) is 2.15. The minimum Gasteiger partial charge on any atom is -0.497 e. The number of nitrogens with zero attached hydrogens (tertiary/aromatic N) is 1. The number of carbonyl (C=O) groups is 1. The molecule has 144 valence electrons. The summed E-state index contributed by atoms with van der Waals surface area (Å²) >= 11 is 1.52. The van der Waals surface area contributed by atoms with E-state index in [1.807, 2.05) is 53.9 Å². The van der Waals surface area contributed by atoms with Gasteiger partial charge >= 0.3 is 0 Å². The van der Waals surface area contributed by atoms with Crippen molar-refractivity contribution in [2.45, 2.75) is 12.5 Å². The molecule has 0 radical (unpaired) electrons. The van der Waals surface area contributed by atoms with E-state index < -0.39 is 0 Å². The van der Waals surface area contributed by atoms with Crippen molar-refractivity contribution >= 4 is 17.2 Å². The molecule has 0 bridgehead atoms. The number of rotatable bonds is 6. The van der Waals surface area contributed by atoms with Crippen LogP contribution in [-0.4, -0.2) is 37.3 Å². The number of fused-ring (bicyclic) bond motifs is 1. The minimum atomic E-state index is -0.204. The SMILES string of the molecule is COc1ccc(-c2nc(CC(=O)NC[C@@H]3COc4ccccc4O3)cs2)cc1. The molecular weight excluding hydrogens is 376 g/mol. The Morgan fingerprint density at radius 2 is 2.00 bits per heavy atom. The number of benzene rings is 2. The molecule has 28 heavy (non-hydrogen) atoms. The standard InChI is InChI=1S/C21H20N2O4S/c1-25-16-8-6-14(7-9-16)21-23-15(13-28-21)10-20(24)22-11-17-12-26-18-4-2-3-5-19(18)27-17/h2-9,13,17H,10-12H2,1H3,(H,22,24)/t17-/m1/s1. The average Bonchev–Trinajstić information content (AvgIpc) is 3.20. The van der Waals surface area contributed by atoms with Crippen LogP contribution in [0.2, 0.25) is 0 Å². The fourth-order valence-electron chi connectivity index (χ4n) is 2.87. The molecule has 0 fully saturated rings. The number of para-hydroxylation sites is 2. The van der Waals surface area contributed by atoms with Crippen molar-refractivity contribution in [1.82, 2.24) is 10.3 Å². The van der Waals surface area contributed by atoms with E-state index in [-0.39, 0.29) is 18.4 Å². The Hall–Kier alpha value is -3.06. The van der Waals surface area contributed by atoms with Crippen LogP contribution in [0.3, 0.4) is 0 Å². The Kier molecular flexibility index (Phi) is 5.43. The lowest BCUT2D eigenvalue weighted by molar-refractivity contribution is -0.121. The van der Waals surface area contributed by atoms with Gasteiger partial charge in [-0.1, -0.05) is 12.1 Å². The number of methoxy groups -OCH3 is 1. The van der Waals surface area contributed by atoms with Gasteiger partial charge in [-0.05, 0) is 36.4 Å². The topological polar surface area (TPSA) is 69.7 Å². The maximum atomic E-state index is 12.3. The van der Waals surface area contributed by atoms with Crippen LogP contribution < -0.4 is 19.5 Å². The average molecular weight is 396 g/mol. The maximum absolute atomic E-state index is 12.3. The molecule has 1 aliphatic rings. The molecule has 4 rings (SSSR count).